The largest absolute Gasteiger partial charge is 0.478 e. The Hall–Kier alpha value is -1.91. The molecular formula is C9H10N2O3. The van der Waals surface area contributed by atoms with Crippen LogP contribution in [0.5, 0.6) is 0 Å². The first kappa shape index (κ1) is 10.2. The van der Waals surface area contributed by atoms with Gasteiger partial charge in [0.15, 0.2) is 0 Å². The molecule has 1 rings (SSSR count). The molecule has 2 N–H and O–H groups in total. The van der Waals surface area contributed by atoms with Gasteiger partial charge in [-0.15, -0.1) is 0 Å². The highest BCUT2D eigenvalue weighted by Crippen LogP contribution is 2.06. The zero-order valence-electron chi connectivity index (χ0n) is 7.65. The van der Waals surface area contributed by atoms with E-state index in [1.165, 1.54) is 25.4 Å². The minimum absolute atomic E-state index is 0.161. The van der Waals surface area contributed by atoms with Crippen molar-refractivity contribution in [1.82, 2.24) is 10.3 Å². The quantitative estimate of drug-likeness (QED) is 0.730. The van der Waals surface area contributed by atoms with Gasteiger partial charge in [-0.05, 0) is 6.07 Å². The number of hydrogen-bond donors (Lipinski definition) is 2. The minimum Gasteiger partial charge on any atom is -0.478 e. The Balaban J connectivity index is 2.84. The smallest absolute Gasteiger partial charge is 0.336 e. The van der Waals surface area contributed by atoms with Crippen molar-refractivity contribution in [1.29, 1.82) is 0 Å². The highest BCUT2D eigenvalue weighted by Gasteiger charge is 2.08. The molecule has 5 nitrogen and oxygen atoms in total. The highest BCUT2D eigenvalue weighted by molar-refractivity contribution is 5.89. The molecule has 1 heterocycles. The number of nitrogens with one attached hydrogen (secondary N) is 1. The van der Waals surface area contributed by atoms with Crippen LogP contribution in [0.4, 0.5) is 0 Å². The minimum atomic E-state index is -1.02. The fourth-order valence-corrected chi connectivity index (χ4v) is 0.996. The van der Waals surface area contributed by atoms with Gasteiger partial charge in [0.2, 0.25) is 5.91 Å². The van der Waals surface area contributed by atoms with E-state index in [1.54, 1.807) is 0 Å². The number of aromatic carboxylic acids is 1. The van der Waals surface area contributed by atoms with Gasteiger partial charge >= 0.3 is 5.97 Å². The van der Waals surface area contributed by atoms with Crippen LogP contribution >= 0.6 is 0 Å². The Bertz CT molecular complexity index is 363. The maximum absolute atomic E-state index is 10.7. The summed E-state index contributed by atoms with van der Waals surface area (Å²) in [6, 6.07) is 1.40. The summed E-state index contributed by atoms with van der Waals surface area (Å²) in [5.41, 5.74) is 0.656. The van der Waals surface area contributed by atoms with Gasteiger partial charge in [0.1, 0.15) is 0 Å². The zero-order chi connectivity index (χ0) is 10.6. The molecular weight excluding hydrogens is 184 g/mol. The van der Waals surface area contributed by atoms with Crippen molar-refractivity contribution in [3.8, 4) is 0 Å². The average Bonchev–Trinajstić information content (AvgIpc) is 2.15. The molecule has 1 aromatic heterocycles. The van der Waals surface area contributed by atoms with E-state index in [4.69, 9.17) is 5.11 Å². The summed E-state index contributed by atoms with van der Waals surface area (Å²) < 4.78 is 0. The molecule has 14 heavy (non-hydrogen) atoms. The predicted octanol–water partition coefficient (Wildman–Crippen LogP) is 0.416. The molecule has 1 aromatic rings. The van der Waals surface area contributed by atoms with Crippen LogP contribution in [0.2, 0.25) is 0 Å². The van der Waals surface area contributed by atoms with Gasteiger partial charge in [-0.1, -0.05) is 0 Å². The third-order valence-corrected chi connectivity index (χ3v) is 1.66. The first-order valence-electron chi connectivity index (χ1n) is 4.02. The van der Waals surface area contributed by atoms with E-state index in [0.717, 1.165) is 0 Å². The summed E-state index contributed by atoms with van der Waals surface area (Å²) in [7, 11) is 0. The van der Waals surface area contributed by atoms with E-state index < -0.39 is 5.97 Å². The Morgan fingerprint density at radius 3 is 2.86 bits per heavy atom. The fourth-order valence-electron chi connectivity index (χ4n) is 0.996. The summed E-state index contributed by atoms with van der Waals surface area (Å²) in [5, 5.41) is 11.3. The van der Waals surface area contributed by atoms with Gasteiger partial charge in [0.05, 0.1) is 5.56 Å². The molecule has 1 amide bonds. The lowest BCUT2D eigenvalue weighted by molar-refractivity contribution is -0.119. The van der Waals surface area contributed by atoms with Crippen LogP contribution in [-0.2, 0) is 11.3 Å². The van der Waals surface area contributed by atoms with E-state index >= 15 is 0 Å². The maximum Gasteiger partial charge on any atom is 0.336 e. The topological polar surface area (TPSA) is 79.3 Å². The van der Waals surface area contributed by atoms with E-state index in [9.17, 15) is 9.59 Å². The maximum atomic E-state index is 10.7. The molecule has 0 bridgehead atoms. The molecule has 0 aromatic carbocycles. The third-order valence-electron chi connectivity index (χ3n) is 1.66. The summed E-state index contributed by atoms with van der Waals surface area (Å²) in [5.74, 6) is -1.22. The monoisotopic (exact) mass is 194 g/mol. The number of aromatic nitrogens is 1. The number of carboxylic acids is 1. The number of pyridine rings is 1. The summed E-state index contributed by atoms with van der Waals surface area (Å²) >= 11 is 0. The molecule has 0 saturated heterocycles. The van der Waals surface area contributed by atoms with E-state index in [2.05, 4.69) is 10.3 Å². The summed E-state index contributed by atoms with van der Waals surface area (Å²) in [6.07, 6.45) is 2.83. The normalized spacial score (nSPS) is 9.50. The lowest BCUT2D eigenvalue weighted by Gasteiger charge is -2.04. The first-order chi connectivity index (χ1) is 6.61. The number of amides is 1. The average molecular weight is 194 g/mol. The van der Waals surface area contributed by atoms with Crippen LogP contribution in [0.25, 0.3) is 0 Å². The SMILES string of the molecule is CC(=O)NCc1cnccc1C(=O)O. The number of carbonyl (C=O) groups is 2. The van der Waals surface area contributed by atoms with Crippen molar-refractivity contribution >= 4 is 11.9 Å². The lowest BCUT2D eigenvalue weighted by atomic mass is 10.1. The third kappa shape index (κ3) is 2.55. The molecule has 0 radical (unpaired) electrons. The second-order valence-corrected chi connectivity index (χ2v) is 2.75. The second-order valence-electron chi connectivity index (χ2n) is 2.75. The Morgan fingerprint density at radius 2 is 2.29 bits per heavy atom. The van der Waals surface area contributed by atoms with Gasteiger partial charge in [0, 0.05) is 31.4 Å². The molecule has 0 spiro atoms. The number of carbonyl (C=O) groups excluding carboxylic acids is 1. The number of carboxylic acid groups (broad SMARTS) is 1. The molecule has 0 aliphatic heterocycles. The standard InChI is InChI=1S/C9H10N2O3/c1-6(12)11-5-7-4-10-3-2-8(7)9(13)14/h2-4H,5H2,1H3,(H,11,12)(H,13,14). The molecule has 0 unspecified atom stereocenters. The summed E-state index contributed by atoms with van der Waals surface area (Å²) in [6.45, 7) is 1.56. The number of hydrogen-bond acceptors (Lipinski definition) is 3. The number of nitrogens with zero attached hydrogens (tertiary/aromatic N) is 1. The van der Waals surface area contributed by atoms with Gasteiger partial charge < -0.3 is 10.4 Å². The summed E-state index contributed by atoms with van der Waals surface area (Å²) in [4.78, 5) is 25.1. The van der Waals surface area contributed by atoms with Crippen molar-refractivity contribution in [3.05, 3.63) is 29.6 Å². The van der Waals surface area contributed by atoms with Crippen LogP contribution < -0.4 is 5.32 Å². The molecule has 0 aliphatic carbocycles. The van der Waals surface area contributed by atoms with Crippen LogP contribution in [0.3, 0.4) is 0 Å². The van der Waals surface area contributed by atoms with Gasteiger partial charge in [-0.3, -0.25) is 9.78 Å². The van der Waals surface area contributed by atoms with Gasteiger partial charge in [0.25, 0.3) is 0 Å². The Kier molecular flexibility index (Phi) is 3.17. The van der Waals surface area contributed by atoms with Crippen molar-refractivity contribution in [2.45, 2.75) is 13.5 Å². The van der Waals surface area contributed by atoms with Crippen LogP contribution in [0, 0.1) is 0 Å². The lowest BCUT2D eigenvalue weighted by Crippen LogP contribution is -2.20. The first-order valence-corrected chi connectivity index (χ1v) is 4.02. The fraction of sp³-hybridized carbons (Fsp3) is 0.222. The van der Waals surface area contributed by atoms with Gasteiger partial charge in [-0.25, -0.2) is 4.79 Å². The van der Waals surface area contributed by atoms with Crippen molar-refractivity contribution < 1.29 is 14.7 Å². The predicted molar refractivity (Wildman–Crippen MR) is 48.7 cm³/mol. The van der Waals surface area contributed by atoms with Crippen LogP contribution in [0.1, 0.15) is 22.8 Å². The van der Waals surface area contributed by atoms with Crippen molar-refractivity contribution in [3.63, 3.8) is 0 Å². The van der Waals surface area contributed by atoms with Crippen molar-refractivity contribution in [2.75, 3.05) is 0 Å². The van der Waals surface area contributed by atoms with E-state index in [0.29, 0.717) is 5.56 Å². The molecule has 0 fully saturated rings. The molecule has 0 aliphatic rings. The second kappa shape index (κ2) is 4.36. The van der Waals surface area contributed by atoms with Crippen LogP contribution in [-0.4, -0.2) is 22.0 Å². The van der Waals surface area contributed by atoms with E-state index in [-0.39, 0.29) is 18.0 Å². The Morgan fingerprint density at radius 1 is 1.57 bits per heavy atom. The Labute approximate surface area is 80.8 Å². The number of rotatable bonds is 3. The zero-order valence-corrected chi connectivity index (χ0v) is 7.65. The van der Waals surface area contributed by atoms with Crippen molar-refractivity contribution in [2.24, 2.45) is 0 Å². The highest BCUT2D eigenvalue weighted by atomic mass is 16.4. The van der Waals surface area contributed by atoms with E-state index in [1.807, 2.05) is 0 Å². The molecule has 5 heteroatoms. The van der Waals surface area contributed by atoms with Crippen LogP contribution in [0.15, 0.2) is 18.5 Å². The molecule has 0 atom stereocenters. The molecule has 74 valence electrons. The molecule has 0 saturated carbocycles. The van der Waals surface area contributed by atoms with Gasteiger partial charge in [-0.2, -0.15) is 0 Å².